The number of rotatable bonds is 1. The molecule has 0 amide bonds. The molecule has 0 aliphatic carbocycles. The summed E-state index contributed by atoms with van der Waals surface area (Å²) in [6.45, 7) is 2.08. The van der Waals surface area contributed by atoms with Gasteiger partial charge in [0.1, 0.15) is 5.69 Å². The van der Waals surface area contributed by atoms with Gasteiger partial charge < -0.3 is 0 Å². The fraction of sp³-hybridized carbons (Fsp3) is 0.0714. The van der Waals surface area contributed by atoms with Gasteiger partial charge in [0.2, 0.25) is 0 Å². The number of hydrogen-bond donors (Lipinski definition) is 1. The van der Waals surface area contributed by atoms with E-state index in [4.69, 9.17) is 0 Å². The van der Waals surface area contributed by atoms with Crippen LogP contribution in [-0.4, -0.2) is 10.2 Å². The Morgan fingerprint density at radius 3 is 2.75 bits per heavy atom. The molecule has 1 heterocycles. The Morgan fingerprint density at radius 1 is 1.12 bits per heavy atom. The predicted molar refractivity (Wildman–Crippen MR) is 65.1 cm³/mol. The first kappa shape index (κ1) is 9.16. The van der Waals surface area contributed by atoms with Crippen LogP contribution in [0.2, 0.25) is 0 Å². The smallest absolute Gasteiger partial charge is 0.100 e. The number of nitrogens with zero attached hydrogens (tertiary/aromatic N) is 1. The Labute approximate surface area is 93.9 Å². The van der Waals surface area contributed by atoms with Crippen LogP contribution in [0.25, 0.3) is 22.2 Å². The third kappa shape index (κ3) is 1.31. The maximum atomic E-state index is 4.38. The van der Waals surface area contributed by atoms with Crippen molar-refractivity contribution >= 4 is 10.9 Å². The SMILES string of the molecule is Cc1c[c]cc2[nH]nc(-c3ccccc3)c12. The molecular weight excluding hydrogens is 196 g/mol. The van der Waals surface area contributed by atoms with Crippen molar-refractivity contribution in [3.05, 3.63) is 54.1 Å². The average molecular weight is 207 g/mol. The second-order valence-corrected chi connectivity index (χ2v) is 3.87. The van der Waals surface area contributed by atoms with Gasteiger partial charge in [-0.15, -0.1) is 0 Å². The fourth-order valence-electron chi connectivity index (χ4n) is 1.99. The van der Waals surface area contributed by atoms with Gasteiger partial charge in [0, 0.05) is 10.9 Å². The normalized spacial score (nSPS) is 10.8. The minimum Gasteiger partial charge on any atom is -0.277 e. The number of H-pyrrole nitrogens is 1. The molecule has 1 N–H and O–H groups in total. The summed E-state index contributed by atoms with van der Waals surface area (Å²) in [6.07, 6.45) is 0. The van der Waals surface area contributed by atoms with E-state index in [9.17, 15) is 0 Å². The second-order valence-electron chi connectivity index (χ2n) is 3.87. The first-order valence-electron chi connectivity index (χ1n) is 5.26. The van der Waals surface area contributed by atoms with Gasteiger partial charge in [-0.3, -0.25) is 5.10 Å². The standard InChI is InChI=1S/C14H11N2/c1-10-6-5-9-12-13(10)14(16-15-12)11-7-3-2-4-8-11/h2-4,6-9H,1H3,(H,15,16). The topological polar surface area (TPSA) is 28.7 Å². The van der Waals surface area contributed by atoms with Crippen molar-refractivity contribution in [1.82, 2.24) is 10.2 Å². The molecule has 1 radical (unpaired) electrons. The van der Waals surface area contributed by atoms with Crippen LogP contribution < -0.4 is 0 Å². The molecule has 0 unspecified atom stereocenters. The van der Waals surface area contributed by atoms with Gasteiger partial charge in [-0.25, -0.2) is 0 Å². The molecule has 0 bridgehead atoms. The summed E-state index contributed by atoms with van der Waals surface area (Å²) in [5.41, 5.74) is 4.40. The van der Waals surface area contributed by atoms with Crippen LogP contribution in [0.3, 0.4) is 0 Å². The highest BCUT2D eigenvalue weighted by Gasteiger charge is 2.08. The van der Waals surface area contributed by atoms with E-state index in [1.807, 2.05) is 30.3 Å². The summed E-state index contributed by atoms with van der Waals surface area (Å²) in [6, 6.07) is 17.2. The van der Waals surface area contributed by atoms with Crippen LogP contribution in [-0.2, 0) is 0 Å². The summed E-state index contributed by atoms with van der Waals surface area (Å²) in [5.74, 6) is 0. The Balaban J connectivity index is 2.33. The summed E-state index contributed by atoms with van der Waals surface area (Å²) in [5, 5.41) is 8.61. The molecule has 0 aliphatic heterocycles. The Bertz CT molecular complexity index is 624. The number of fused-ring (bicyclic) bond motifs is 1. The molecule has 0 aliphatic rings. The van der Waals surface area contributed by atoms with Crippen molar-refractivity contribution in [2.45, 2.75) is 6.92 Å². The van der Waals surface area contributed by atoms with Crippen LogP contribution in [0, 0.1) is 13.0 Å². The van der Waals surface area contributed by atoms with E-state index >= 15 is 0 Å². The lowest BCUT2D eigenvalue weighted by Gasteiger charge is -1.99. The van der Waals surface area contributed by atoms with E-state index in [0.29, 0.717) is 0 Å². The number of nitrogens with one attached hydrogen (secondary N) is 1. The van der Waals surface area contributed by atoms with Crippen molar-refractivity contribution in [2.75, 3.05) is 0 Å². The van der Waals surface area contributed by atoms with E-state index in [0.717, 1.165) is 16.8 Å². The van der Waals surface area contributed by atoms with E-state index in [-0.39, 0.29) is 0 Å². The first-order valence-corrected chi connectivity index (χ1v) is 5.26. The number of hydrogen-bond acceptors (Lipinski definition) is 1. The molecule has 0 fully saturated rings. The average Bonchev–Trinajstić information content (AvgIpc) is 2.75. The highest BCUT2D eigenvalue weighted by atomic mass is 15.1. The molecule has 0 spiro atoms. The molecule has 2 heteroatoms. The molecule has 1 aromatic heterocycles. The molecule has 3 rings (SSSR count). The third-order valence-corrected chi connectivity index (χ3v) is 2.76. The van der Waals surface area contributed by atoms with Crippen molar-refractivity contribution in [3.63, 3.8) is 0 Å². The van der Waals surface area contributed by atoms with Crippen LogP contribution in [0.5, 0.6) is 0 Å². The zero-order valence-corrected chi connectivity index (χ0v) is 8.99. The lowest BCUT2D eigenvalue weighted by atomic mass is 10.0. The monoisotopic (exact) mass is 207 g/mol. The number of aromatic amines is 1. The van der Waals surface area contributed by atoms with Gasteiger partial charge in [0.15, 0.2) is 0 Å². The number of aromatic nitrogens is 2. The van der Waals surface area contributed by atoms with Gasteiger partial charge in [-0.1, -0.05) is 36.4 Å². The largest absolute Gasteiger partial charge is 0.277 e. The van der Waals surface area contributed by atoms with Gasteiger partial charge in [0.25, 0.3) is 0 Å². The summed E-state index contributed by atoms with van der Waals surface area (Å²) < 4.78 is 0. The van der Waals surface area contributed by atoms with Crippen molar-refractivity contribution in [2.24, 2.45) is 0 Å². The zero-order valence-electron chi connectivity index (χ0n) is 8.99. The summed E-state index contributed by atoms with van der Waals surface area (Å²) in [4.78, 5) is 0. The Hall–Kier alpha value is -2.09. The maximum Gasteiger partial charge on any atom is 0.100 e. The lowest BCUT2D eigenvalue weighted by molar-refractivity contribution is 1.12. The van der Waals surface area contributed by atoms with E-state index in [2.05, 4.69) is 35.3 Å². The highest BCUT2D eigenvalue weighted by molar-refractivity contribution is 5.95. The van der Waals surface area contributed by atoms with E-state index < -0.39 is 0 Å². The quantitative estimate of drug-likeness (QED) is 0.651. The van der Waals surface area contributed by atoms with Gasteiger partial charge in [0.05, 0.1) is 5.52 Å². The molecule has 2 aromatic carbocycles. The Morgan fingerprint density at radius 2 is 1.94 bits per heavy atom. The van der Waals surface area contributed by atoms with Gasteiger partial charge in [-0.2, -0.15) is 5.10 Å². The molecule has 77 valence electrons. The van der Waals surface area contributed by atoms with Crippen LogP contribution in [0.1, 0.15) is 5.56 Å². The zero-order chi connectivity index (χ0) is 11.0. The second kappa shape index (κ2) is 3.49. The van der Waals surface area contributed by atoms with Gasteiger partial charge >= 0.3 is 0 Å². The van der Waals surface area contributed by atoms with Crippen LogP contribution >= 0.6 is 0 Å². The molecule has 0 atom stereocenters. The number of benzene rings is 2. The fourth-order valence-corrected chi connectivity index (χ4v) is 1.99. The minimum absolute atomic E-state index is 1.02. The predicted octanol–water partition coefficient (Wildman–Crippen LogP) is 3.34. The molecule has 0 saturated heterocycles. The number of aryl methyl sites for hydroxylation is 1. The van der Waals surface area contributed by atoms with Gasteiger partial charge in [-0.05, 0) is 24.6 Å². The van der Waals surface area contributed by atoms with E-state index in [1.165, 1.54) is 10.9 Å². The van der Waals surface area contributed by atoms with Crippen LogP contribution in [0.15, 0.2) is 42.5 Å². The van der Waals surface area contributed by atoms with E-state index in [1.54, 1.807) is 0 Å². The van der Waals surface area contributed by atoms with Crippen molar-refractivity contribution in [1.29, 1.82) is 0 Å². The van der Waals surface area contributed by atoms with Crippen LogP contribution in [0.4, 0.5) is 0 Å². The minimum atomic E-state index is 1.02. The maximum absolute atomic E-state index is 4.38. The highest BCUT2D eigenvalue weighted by Crippen LogP contribution is 2.28. The lowest BCUT2D eigenvalue weighted by Crippen LogP contribution is -1.80. The molecule has 0 saturated carbocycles. The summed E-state index contributed by atoms with van der Waals surface area (Å²) in [7, 11) is 0. The summed E-state index contributed by atoms with van der Waals surface area (Å²) >= 11 is 0. The molecule has 3 aromatic rings. The van der Waals surface area contributed by atoms with Crippen molar-refractivity contribution in [3.8, 4) is 11.3 Å². The molecular formula is C14H11N2. The van der Waals surface area contributed by atoms with Crippen molar-refractivity contribution < 1.29 is 0 Å². The third-order valence-electron chi connectivity index (χ3n) is 2.76. The first-order chi connectivity index (χ1) is 7.86. The molecule has 16 heavy (non-hydrogen) atoms. The Kier molecular flexibility index (Phi) is 2.00. The molecule has 2 nitrogen and oxygen atoms in total.